The van der Waals surface area contributed by atoms with E-state index in [1.54, 1.807) is 0 Å². The van der Waals surface area contributed by atoms with E-state index in [1.807, 2.05) is 0 Å². The molecule has 8 nitrogen and oxygen atoms in total. The second-order valence-corrected chi connectivity index (χ2v) is 1.94. The first-order chi connectivity index (χ1) is 4.72. The molecule has 0 saturated heterocycles. The van der Waals surface area contributed by atoms with Gasteiger partial charge < -0.3 is 11.0 Å². The normalized spacial score (nSPS) is 6.33. The van der Waals surface area contributed by atoms with Gasteiger partial charge in [0.15, 0.2) is 0 Å². The number of rotatable bonds is 2. The van der Waals surface area contributed by atoms with Crippen molar-refractivity contribution >= 4 is 11.9 Å². The van der Waals surface area contributed by atoms with Gasteiger partial charge in [0.25, 0.3) is 0 Å². The van der Waals surface area contributed by atoms with E-state index in [9.17, 15) is 16.9 Å². The zero-order valence-electron chi connectivity index (χ0n) is 5.34. The van der Waals surface area contributed by atoms with E-state index in [4.69, 9.17) is 0 Å². The topological polar surface area (TPSA) is 150 Å². The first-order valence-electron chi connectivity index (χ1n) is 1.80. The molecule has 0 aromatic heterocycles. The van der Waals surface area contributed by atoms with Crippen molar-refractivity contribution in [2.75, 3.05) is 0 Å². The first kappa shape index (κ1) is 17.6. The van der Waals surface area contributed by atoms with E-state index < -0.39 is 45.1 Å². The average Bonchev–Trinajstić information content (AvgIpc) is 1.89. The molecule has 10 heteroatoms. The van der Waals surface area contributed by atoms with Crippen LogP contribution in [0.2, 0.25) is 0 Å². The van der Waals surface area contributed by atoms with Crippen LogP contribution in [0.1, 0.15) is 0 Å². The van der Waals surface area contributed by atoms with Crippen molar-refractivity contribution in [2.24, 2.45) is 0 Å². The molecular formula is C2H4O8V2. The molecule has 0 spiro atoms. The Morgan fingerprint density at radius 3 is 1.25 bits per heavy atom. The third-order valence-corrected chi connectivity index (χ3v) is 1.16. The van der Waals surface area contributed by atoms with Gasteiger partial charge in [-0.1, -0.05) is 0 Å². The zero-order valence-corrected chi connectivity index (χ0v) is 8.14. The molecule has 0 fully saturated rings. The molecule has 0 aliphatic heterocycles. The second kappa shape index (κ2) is 10.6. The fourth-order valence-electron chi connectivity index (χ4n) is 0.142. The Hall–Kier alpha value is -0.371. The van der Waals surface area contributed by atoms with Gasteiger partial charge >= 0.3 is 69.4 Å². The third-order valence-electron chi connectivity index (χ3n) is 0.407. The Labute approximate surface area is 80.5 Å². The second-order valence-electron chi connectivity index (χ2n) is 0.907. The van der Waals surface area contributed by atoms with Gasteiger partial charge in [-0.25, -0.2) is 0 Å². The quantitative estimate of drug-likeness (QED) is 0.485. The summed E-state index contributed by atoms with van der Waals surface area (Å²) in [5, 5.41) is 0. The van der Waals surface area contributed by atoms with Gasteiger partial charge in [-0.2, -0.15) is 0 Å². The molecule has 0 aliphatic carbocycles. The molecule has 0 radical (unpaired) electrons. The summed E-state index contributed by atoms with van der Waals surface area (Å²) >= 11 is -3.70. The van der Waals surface area contributed by atoms with E-state index >= 15 is 0 Å². The standard InChI is InChI=1S/C2H2O4.2H2O.2O.2V/c3-1(4)2(5)6;;;;;;/h(H,3,4)(H,5,6);2*1H2;;;;/q;;;;;2*+1/p-2. The molecule has 0 unspecified atom stereocenters. The first-order valence-corrected chi connectivity index (χ1v) is 4.08. The summed E-state index contributed by atoms with van der Waals surface area (Å²) in [6.07, 6.45) is 0. The summed E-state index contributed by atoms with van der Waals surface area (Å²) in [4.78, 5) is 20.3. The van der Waals surface area contributed by atoms with Gasteiger partial charge in [0.05, 0.1) is 0 Å². The van der Waals surface area contributed by atoms with Gasteiger partial charge in [0.1, 0.15) is 0 Å². The average molecular weight is 258 g/mol. The molecule has 0 rings (SSSR count). The molecule has 12 heavy (non-hydrogen) atoms. The molecule has 0 amide bonds. The number of hydrogen-bond acceptors (Lipinski definition) is 6. The van der Waals surface area contributed by atoms with Gasteiger partial charge in [-0.3, -0.25) is 0 Å². The van der Waals surface area contributed by atoms with Gasteiger partial charge in [-0.15, -0.1) is 0 Å². The van der Waals surface area contributed by atoms with Crippen molar-refractivity contribution < 1.29 is 68.4 Å². The Morgan fingerprint density at radius 1 is 0.833 bits per heavy atom. The van der Waals surface area contributed by atoms with Crippen molar-refractivity contribution in [3.63, 3.8) is 0 Å². The van der Waals surface area contributed by atoms with Crippen LogP contribution in [-0.2, 0) is 57.4 Å². The van der Waals surface area contributed by atoms with Gasteiger partial charge in [-0.05, 0) is 0 Å². The Morgan fingerprint density at radius 2 is 1.08 bits per heavy atom. The SMILES string of the molecule is O.O.[O]=[V][O]C(=O)C(=O)[O][V]=[O]. The van der Waals surface area contributed by atoms with Crippen LogP contribution in [0, 0.1) is 0 Å². The molecular weight excluding hydrogens is 254 g/mol. The molecule has 0 aromatic rings. The van der Waals surface area contributed by atoms with Crippen molar-refractivity contribution in [1.82, 2.24) is 0 Å². The molecule has 0 saturated carbocycles. The monoisotopic (exact) mass is 258 g/mol. The van der Waals surface area contributed by atoms with E-state index in [-0.39, 0.29) is 11.0 Å². The minimum atomic E-state index is -1.85. The van der Waals surface area contributed by atoms with E-state index in [0.29, 0.717) is 0 Å². The van der Waals surface area contributed by atoms with Crippen LogP contribution in [0.25, 0.3) is 0 Å². The maximum atomic E-state index is 10.1. The fraction of sp³-hybridized carbons (Fsp3) is 0. The summed E-state index contributed by atoms with van der Waals surface area (Å²) in [6.45, 7) is 0. The molecule has 4 N–H and O–H groups in total. The molecule has 0 heterocycles. The molecule has 0 aliphatic rings. The van der Waals surface area contributed by atoms with Gasteiger partial charge in [0.2, 0.25) is 0 Å². The molecule has 70 valence electrons. The van der Waals surface area contributed by atoms with Gasteiger partial charge in [0, 0.05) is 0 Å². The van der Waals surface area contributed by atoms with Crippen LogP contribution in [0.15, 0.2) is 0 Å². The number of hydrogen-bond donors (Lipinski definition) is 0. The summed E-state index contributed by atoms with van der Waals surface area (Å²) in [6, 6.07) is 0. The van der Waals surface area contributed by atoms with Crippen molar-refractivity contribution in [3.8, 4) is 0 Å². The van der Waals surface area contributed by atoms with E-state index in [0.717, 1.165) is 0 Å². The molecule has 0 aromatic carbocycles. The van der Waals surface area contributed by atoms with Crippen LogP contribution in [0.3, 0.4) is 0 Å². The predicted molar refractivity (Wildman–Crippen MR) is 20.8 cm³/mol. The number of carbonyl (C=O) groups excluding carboxylic acids is 2. The van der Waals surface area contributed by atoms with E-state index in [2.05, 4.69) is 7.32 Å². The zero-order chi connectivity index (χ0) is 7.98. The summed E-state index contributed by atoms with van der Waals surface area (Å²) in [7, 11) is 0. The maximum absolute atomic E-state index is 10.1. The summed E-state index contributed by atoms with van der Waals surface area (Å²) in [5.41, 5.74) is 0. The van der Waals surface area contributed by atoms with Crippen LogP contribution >= 0.6 is 0 Å². The van der Waals surface area contributed by atoms with Crippen LogP contribution in [-0.4, -0.2) is 22.9 Å². The van der Waals surface area contributed by atoms with Crippen molar-refractivity contribution in [3.05, 3.63) is 0 Å². The summed E-state index contributed by atoms with van der Waals surface area (Å²) in [5.74, 6) is -2.75. The Balaban J connectivity index is -0.000000405. The van der Waals surface area contributed by atoms with Crippen molar-refractivity contribution in [2.45, 2.75) is 0 Å². The molecule has 0 atom stereocenters. The number of carbonyl (C=O) groups is 2. The van der Waals surface area contributed by atoms with Crippen LogP contribution in [0.5, 0.6) is 0 Å². The third kappa shape index (κ3) is 7.73. The predicted octanol–water partition coefficient (Wildman–Crippen LogP) is -2.89. The van der Waals surface area contributed by atoms with Crippen molar-refractivity contribution in [1.29, 1.82) is 0 Å². The van der Waals surface area contributed by atoms with Crippen LogP contribution in [0.4, 0.5) is 0 Å². The van der Waals surface area contributed by atoms with E-state index in [1.165, 1.54) is 0 Å². The fourth-order valence-corrected chi connectivity index (χ4v) is 0.586. The Bertz CT molecular complexity index is 156. The van der Waals surface area contributed by atoms with Crippen LogP contribution < -0.4 is 0 Å². The summed E-state index contributed by atoms with van der Waals surface area (Å²) < 4.78 is 26.8. The Kier molecular flexibility index (Phi) is 15.6. The molecule has 0 bridgehead atoms. The minimum absolute atomic E-state index is 0.